The fourth-order valence-corrected chi connectivity index (χ4v) is 0.657. The van der Waals surface area contributed by atoms with Gasteiger partial charge in [-0.2, -0.15) is 0 Å². The van der Waals surface area contributed by atoms with E-state index in [-0.39, 0.29) is 0 Å². The van der Waals surface area contributed by atoms with Gasteiger partial charge in [-0.05, 0) is 33.7 Å². The van der Waals surface area contributed by atoms with Crippen molar-refractivity contribution in [1.29, 1.82) is 0 Å². The monoisotopic (exact) mass is 127 g/mol. The molecule has 0 saturated carbocycles. The Balaban J connectivity index is 3.06. The molecule has 1 N–H and O–H groups in total. The second-order valence-corrected chi connectivity index (χ2v) is 2.34. The molecule has 0 aromatic rings. The second-order valence-electron chi connectivity index (χ2n) is 2.34. The Morgan fingerprint density at radius 1 is 1.56 bits per heavy atom. The number of rotatable bonds is 4. The molecule has 0 heterocycles. The van der Waals surface area contributed by atoms with Crippen LogP contribution >= 0.6 is 0 Å². The predicted octanol–water partition coefficient (Wildman–Crippen LogP) is 1.95. The summed E-state index contributed by atoms with van der Waals surface area (Å²) in [6.45, 7) is 4.26. The molecule has 0 bridgehead atoms. The molecular weight excluding hydrogens is 110 g/mol. The van der Waals surface area contributed by atoms with Gasteiger partial charge in [-0.25, -0.2) is 0 Å². The molecule has 0 amide bonds. The van der Waals surface area contributed by atoms with Gasteiger partial charge >= 0.3 is 0 Å². The van der Waals surface area contributed by atoms with Gasteiger partial charge in [0.05, 0.1) is 0 Å². The summed E-state index contributed by atoms with van der Waals surface area (Å²) in [4.78, 5) is 0. The van der Waals surface area contributed by atoms with Crippen molar-refractivity contribution in [3.63, 3.8) is 0 Å². The van der Waals surface area contributed by atoms with Gasteiger partial charge in [-0.3, -0.25) is 0 Å². The molecule has 54 valence electrons. The van der Waals surface area contributed by atoms with Crippen molar-refractivity contribution in [2.45, 2.75) is 32.7 Å². The van der Waals surface area contributed by atoms with E-state index in [1.807, 2.05) is 7.05 Å². The first-order valence-electron chi connectivity index (χ1n) is 3.59. The smallest absolute Gasteiger partial charge is 0.00386 e. The van der Waals surface area contributed by atoms with E-state index in [0.29, 0.717) is 6.04 Å². The minimum absolute atomic E-state index is 0.654. The molecule has 0 aromatic heterocycles. The molecule has 0 aliphatic heterocycles. The van der Waals surface area contributed by atoms with Crippen LogP contribution in [-0.2, 0) is 0 Å². The molecular formula is C8H17N. The molecule has 0 radical (unpaired) electrons. The van der Waals surface area contributed by atoms with Gasteiger partial charge in [-0.1, -0.05) is 12.2 Å². The molecule has 0 aliphatic rings. The van der Waals surface area contributed by atoms with E-state index in [2.05, 4.69) is 31.3 Å². The van der Waals surface area contributed by atoms with E-state index >= 15 is 0 Å². The van der Waals surface area contributed by atoms with Crippen LogP contribution in [0.2, 0.25) is 0 Å². The van der Waals surface area contributed by atoms with Crippen molar-refractivity contribution >= 4 is 0 Å². The van der Waals surface area contributed by atoms with E-state index in [1.165, 1.54) is 12.8 Å². The first-order valence-corrected chi connectivity index (χ1v) is 3.59. The summed E-state index contributed by atoms with van der Waals surface area (Å²) >= 11 is 0. The highest BCUT2D eigenvalue weighted by Crippen LogP contribution is 1.95. The van der Waals surface area contributed by atoms with Gasteiger partial charge in [0, 0.05) is 6.04 Å². The van der Waals surface area contributed by atoms with E-state index in [9.17, 15) is 0 Å². The maximum absolute atomic E-state index is 3.19. The van der Waals surface area contributed by atoms with Crippen molar-refractivity contribution in [2.75, 3.05) is 7.05 Å². The van der Waals surface area contributed by atoms with Crippen LogP contribution in [0, 0.1) is 0 Å². The molecule has 0 saturated heterocycles. The van der Waals surface area contributed by atoms with Crippen LogP contribution < -0.4 is 5.32 Å². The van der Waals surface area contributed by atoms with Crippen LogP contribution in [-0.4, -0.2) is 13.1 Å². The largest absolute Gasteiger partial charge is 0.317 e. The van der Waals surface area contributed by atoms with Crippen molar-refractivity contribution in [3.8, 4) is 0 Å². The predicted molar refractivity (Wildman–Crippen MR) is 42.6 cm³/mol. The average molecular weight is 127 g/mol. The summed E-state index contributed by atoms with van der Waals surface area (Å²) < 4.78 is 0. The zero-order chi connectivity index (χ0) is 7.11. The molecule has 9 heavy (non-hydrogen) atoms. The molecule has 0 rings (SSSR count). The number of nitrogens with one attached hydrogen (secondary N) is 1. The van der Waals surface area contributed by atoms with Crippen LogP contribution in [0.3, 0.4) is 0 Å². The normalized spacial score (nSPS) is 14.6. The van der Waals surface area contributed by atoms with Crippen molar-refractivity contribution in [2.24, 2.45) is 0 Å². The number of allylic oxidation sites excluding steroid dienone is 2. The maximum atomic E-state index is 3.19. The lowest BCUT2D eigenvalue weighted by molar-refractivity contribution is 0.570. The molecule has 1 atom stereocenters. The zero-order valence-electron chi connectivity index (χ0n) is 6.65. The Kier molecular flexibility index (Phi) is 5.64. The summed E-state index contributed by atoms with van der Waals surface area (Å²) in [7, 11) is 2.00. The molecule has 0 aromatic carbocycles. The first kappa shape index (κ1) is 8.70. The molecule has 0 spiro atoms. The van der Waals surface area contributed by atoms with Gasteiger partial charge in [-0.15, -0.1) is 0 Å². The maximum Gasteiger partial charge on any atom is 0.00386 e. The van der Waals surface area contributed by atoms with Gasteiger partial charge in [0.1, 0.15) is 0 Å². The Morgan fingerprint density at radius 2 is 2.22 bits per heavy atom. The lowest BCUT2D eigenvalue weighted by Gasteiger charge is -2.06. The second kappa shape index (κ2) is 5.83. The fourth-order valence-electron chi connectivity index (χ4n) is 0.657. The lowest BCUT2D eigenvalue weighted by atomic mass is 10.2. The molecule has 1 nitrogen and oxygen atoms in total. The van der Waals surface area contributed by atoms with Crippen molar-refractivity contribution in [1.82, 2.24) is 5.32 Å². The van der Waals surface area contributed by atoms with Gasteiger partial charge in [0.15, 0.2) is 0 Å². The third kappa shape index (κ3) is 5.57. The van der Waals surface area contributed by atoms with E-state index in [0.717, 1.165) is 0 Å². The van der Waals surface area contributed by atoms with Crippen LogP contribution in [0.5, 0.6) is 0 Å². The highest BCUT2D eigenvalue weighted by molar-refractivity contribution is 4.78. The average Bonchev–Trinajstić information content (AvgIpc) is 1.89. The Hall–Kier alpha value is -0.300. The minimum Gasteiger partial charge on any atom is -0.317 e. The Morgan fingerprint density at radius 3 is 2.67 bits per heavy atom. The summed E-state index contributed by atoms with van der Waals surface area (Å²) in [5.41, 5.74) is 0. The number of hydrogen-bond donors (Lipinski definition) is 1. The molecule has 1 heteroatoms. The quantitative estimate of drug-likeness (QED) is 0.569. The van der Waals surface area contributed by atoms with Gasteiger partial charge in [0.25, 0.3) is 0 Å². The van der Waals surface area contributed by atoms with Crippen LogP contribution in [0.1, 0.15) is 26.7 Å². The van der Waals surface area contributed by atoms with Crippen LogP contribution in [0.4, 0.5) is 0 Å². The van der Waals surface area contributed by atoms with E-state index in [1.54, 1.807) is 0 Å². The summed E-state index contributed by atoms with van der Waals surface area (Å²) in [6, 6.07) is 0.654. The summed E-state index contributed by atoms with van der Waals surface area (Å²) in [5, 5.41) is 3.19. The van der Waals surface area contributed by atoms with E-state index in [4.69, 9.17) is 0 Å². The van der Waals surface area contributed by atoms with Crippen LogP contribution in [0.25, 0.3) is 0 Å². The van der Waals surface area contributed by atoms with Crippen molar-refractivity contribution in [3.05, 3.63) is 12.2 Å². The summed E-state index contributed by atoms with van der Waals surface area (Å²) in [5.74, 6) is 0. The molecule has 0 aliphatic carbocycles. The zero-order valence-corrected chi connectivity index (χ0v) is 6.65. The minimum atomic E-state index is 0.654. The van der Waals surface area contributed by atoms with Gasteiger partial charge < -0.3 is 5.32 Å². The van der Waals surface area contributed by atoms with E-state index < -0.39 is 0 Å². The molecule has 1 unspecified atom stereocenters. The first-order chi connectivity index (χ1) is 4.31. The van der Waals surface area contributed by atoms with Crippen LogP contribution in [0.15, 0.2) is 12.2 Å². The lowest BCUT2D eigenvalue weighted by Crippen LogP contribution is -2.20. The van der Waals surface area contributed by atoms with Crippen molar-refractivity contribution < 1.29 is 0 Å². The third-order valence-corrected chi connectivity index (χ3v) is 1.49. The Labute approximate surface area is 58.2 Å². The SMILES string of the molecule is CC=CCCC(C)NC. The molecule has 0 fully saturated rings. The topological polar surface area (TPSA) is 12.0 Å². The highest BCUT2D eigenvalue weighted by Gasteiger charge is 1.92. The van der Waals surface area contributed by atoms with Gasteiger partial charge in [0.2, 0.25) is 0 Å². The highest BCUT2D eigenvalue weighted by atomic mass is 14.8. The Bertz CT molecular complexity index is 76.6. The number of hydrogen-bond acceptors (Lipinski definition) is 1. The summed E-state index contributed by atoms with van der Waals surface area (Å²) in [6.07, 6.45) is 6.73. The fraction of sp³-hybridized carbons (Fsp3) is 0.750. The third-order valence-electron chi connectivity index (χ3n) is 1.49. The standard InChI is InChI=1S/C8H17N/c1-4-5-6-7-8(2)9-3/h4-5,8-9H,6-7H2,1-3H3.